The molecule has 2 atom stereocenters. The smallest absolute Gasteiger partial charge is 0.252 e. The van der Waals surface area contributed by atoms with E-state index in [-0.39, 0.29) is 5.91 Å². The minimum absolute atomic E-state index is 0.0678. The predicted octanol–water partition coefficient (Wildman–Crippen LogP) is 2.36. The highest BCUT2D eigenvalue weighted by Crippen LogP contribution is 2.37. The van der Waals surface area contributed by atoms with Crippen molar-refractivity contribution in [2.75, 3.05) is 39.4 Å². The molecule has 164 valence electrons. The largest absolute Gasteiger partial charge is 0.388 e. The first-order valence-electron chi connectivity index (χ1n) is 11.2. The number of likely N-dealkylation sites (tertiary alicyclic amines) is 1. The number of nitrogens with one attached hydrogen (secondary N) is 1. The number of amides is 1. The Balaban J connectivity index is 1.50. The van der Waals surface area contributed by atoms with Gasteiger partial charge in [-0.1, -0.05) is 6.92 Å². The van der Waals surface area contributed by atoms with E-state index in [9.17, 15) is 9.90 Å². The summed E-state index contributed by atoms with van der Waals surface area (Å²) in [5, 5.41) is 18.5. The minimum atomic E-state index is -0.611. The summed E-state index contributed by atoms with van der Waals surface area (Å²) < 4.78 is 7.28. The maximum atomic E-state index is 12.2. The van der Waals surface area contributed by atoms with Crippen LogP contribution < -0.4 is 5.32 Å². The molecule has 2 aromatic heterocycles. The van der Waals surface area contributed by atoms with E-state index in [0.29, 0.717) is 37.2 Å². The van der Waals surface area contributed by atoms with Crippen molar-refractivity contribution >= 4 is 11.4 Å². The zero-order valence-corrected chi connectivity index (χ0v) is 18.4. The molecule has 0 aliphatic carbocycles. The number of piperidine rings is 1. The molecule has 7 nitrogen and oxygen atoms in total. The summed E-state index contributed by atoms with van der Waals surface area (Å²) in [6, 6.07) is 3.93. The van der Waals surface area contributed by atoms with Gasteiger partial charge in [-0.05, 0) is 50.8 Å². The Kier molecular flexibility index (Phi) is 6.14. The van der Waals surface area contributed by atoms with E-state index in [2.05, 4.69) is 24.1 Å². The number of ether oxygens (including phenoxy) is 1. The molecule has 0 bridgehead atoms. The van der Waals surface area contributed by atoms with Crippen LogP contribution in [0.3, 0.4) is 0 Å². The number of aromatic nitrogens is 2. The molecule has 4 heterocycles. The lowest BCUT2D eigenvalue weighted by atomic mass is 9.80. The van der Waals surface area contributed by atoms with Gasteiger partial charge in [0.25, 0.3) is 5.91 Å². The molecule has 0 saturated carbocycles. The number of carbonyl (C=O) groups is 1. The maximum Gasteiger partial charge on any atom is 0.252 e. The Morgan fingerprint density at radius 3 is 2.83 bits per heavy atom. The molecule has 2 fully saturated rings. The molecule has 30 heavy (non-hydrogen) atoms. The number of pyridine rings is 1. The molecule has 0 unspecified atom stereocenters. The van der Waals surface area contributed by atoms with Crippen molar-refractivity contribution in [3.05, 3.63) is 35.2 Å². The summed E-state index contributed by atoms with van der Waals surface area (Å²) in [6.07, 6.45) is 4.33. The Bertz CT molecular complexity index is 903. The number of nitrogens with zero attached hydrogens (tertiary/aromatic N) is 3. The van der Waals surface area contributed by atoms with E-state index in [1.165, 1.54) is 5.56 Å². The van der Waals surface area contributed by atoms with E-state index in [1.807, 2.05) is 29.8 Å². The van der Waals surface area contributed by atoms with Crippen LogP contribution in [-0.2, 0) is 4.74 Å². The summed E-state index contributed by atoms with van der Waals surface area (Å²) in [4.78, 5) is 14.6. The number of carbonyl (C=O) groups excluding carboxylic acids is 1. The molecular weight excluding hydrogens is 380 g/mol. The third-order valence-corrected chi connectivity index (χ3v) is 6.75. The van der Waals surface area contributed by atoms with E-state index in [4.69, 9.17) is 9.84 Å². The van der Waals surface area contributed by atoms with Crippen LogP contribution in [0.25, 0.3) is 5.52 Å². The van der Waals surface area contributed by atoms with E-state index >= 15 is 0 Å². The average Bonchev–Trinajstić information content (AvgIpc) is 3.03. The Morgan fingerprint density at radius 2 is 2.13 bits per heavy atom. The molecule has 2 aliphatic heterocycles. The number of hydrogen-bond donors (Lipinski definition) is 2. The van der Waals surface area contributed by atoms with Gasteiger partial charge >= 0.3 is 0 Å². The topological polar surface area (TPSA) is 79.1 Å². The molecule has 1 amide bonds. The van der Waals surface area contributed by atoms with Crippen molar-refractivity contribution in [3.63, 3.8) is 0 Å². The molecule has 0 aromatic carbocycles. The summed E-state index contributed by atoms with van der Waals surface area (Å²) in [6.45, 7) is 10.9. The van der Waals surface area contributed by atoms with Crippen LogP contribution in [0.4, 0.5) is 0 Å². The van der Waals surface area contributed by atoms with Crippen molar-refractivity contribution in [2.45, 2.75) is 51.6 Å². The van der Waals surface area contributed by atoms with Crippen LogP contribution in [0.15, 0.2) is 18.3 Å². The van der Waals surface area contributed by atoms with E-state index in [0.717, 1.165) is 50.1 Å². The first-order chi connectivity index (χ1) is 14.4. The number of β-amino-alcohol motifs (C(OH)–C–C–N with tert-alkyl or cyclic N) is 1. The second kappa shape index (κ2) is 8.65. The second-order valence-corrected chi connectivity index (χ2v) is 9.05. The Morgan fingerprint density at radius 1 is 1.37 bits per heavy atom. The molecule has 2 aromatic rings. The van der Waals surface area contributed by atoms with Gasteiger partial charge in [0.05, 0.1) is 22.4 Å². The quantitative estimate of drug-likeness (QED) is 0.785. The number of aliphatic hydroxyl groups is 1. The Hall–Kier alpha value is -1.96. The molecule has 2 aliphatic rings. The molecule has 0 spiro atoms. The average molecular weight is 415 g/mol. The molecule has 2 N–H and O–H groups in total. The lowest BCUT2D eigenvalue weighted by molar-refractivity contribution is -0.0843. The van der Waals surface area contributed by atoms with Gasteiger partial charge in [0.15, 0.2) is 0 Å². The van der Waals surface area contributed by atoms with Crippen LogP contribution in [0.2, 0.25) is 0 Å². The number of hydrogen-bond acceptors (Lipinski definition) is 5. The highest BCUT2D eigenvalue weighted by molar-refractivity contribution is 5.94. The molecule has 7 heteroatoms. The van der Waals surface area contributed by atoms with Gasteiger partial charge in [-0.15, -0.1) is 0 Å². The molecule has 2 saturated heterocycles. The first kappa shape index (κ1) is 21.3. The van der Waals surface area contributed by atoms with Gasteiger partial charge in [0.2, 0.25) is 0 Å². The zero-order chi connectivity index (χ0) is 21.3. The molecule has 0 radical (unpaired) electrons. The normalized spacial score (nSPS) is 24.8. The summed E-state index contributed by atoms with van der Waals surface area (Å²) >= 11 is 0. The van der Waals surface area contributed by atoms with Crippen LogP contribution in [0.1, 0.15) is 60.6 Å². The van der Waals surface area contributed by atoms with Crippen LogP contribution >= 0.6 is 0 Å². The fourth-order valence-electron chi connectivity index (χ4n) is 5.17. The lowest BCUT2D eigenvalue weighted by Crippen LogP contribution is -2.50. The monoisotopic (exact) mass is 414 g/mol. The third kappa shape index (κ3) is 4.24. The lowest BCUT2D eigenvalue weighted by Gasteiger charge is -2.42. The molecular formula is C23H34N4O3. The SMILES string of the molecule is CCNC(=O)c1ccc2c([C@H]3CCN(CC4(O)CCOCC4)C[C@@H]3C)c(C)nn2c1. The van der Waals surface area contributed by atoms with Crippen molar-refractivity contribution in [2.24, 2.45) is 5.92 Å². The fourth-order valence-corrected chi connectivity index (χ4v) is 5.17. The minimum Gasteiger partial charge on any atom is -0.388 e. The van der Waals surface area contributed by atoms with Crippen LogP contribution in [-0.4, -0.2) is 70.5 Å². The highest BCUT2D eigenvalue weighted by Gasteiger charge is 2.36. The van der Waals surface area contributed by atoms with Crippen molar-refractivity contribution in [1.82, 2.24) is 19.8 Å². The van der Waals surface area contributed by atoms with Gasteiger partial charge in [-0.2, -0.15) is 5.10 Å². The maximum absolute atomic E-state index is 12.2. The number of rotatable bonds is 5. The third-order valence-electron chi connectivity index (χ3n) is 6.75. The molecule has 4 rings (SSSR count). The first-order valence-corrected chi connectivity index (χ1v) is 11.2. The summed E-state index contributed by atoms with van der Waals surface area (Å²) in [5.41, 5.74) is 3.45. The second-order valence-electron chi connectivity index (χ2n) is 9.05. The summed E-state index contributed by atoms with van der Waals surface area (Å²) in [5.74, 6) is 0.831. The number of fused-ring (bicyclic) bond motifs is 1. The van der Waals surface area contributed by atoms with E-state index in [1.54, 1.807) is 0 Å². The van der Waals surface area contributed by atoms with Crippen LogP contribution in [0.5, 0.6) is 0 Å². The zero-order valence-electron chi connectivity index (χ0n) is 18.4. The fraction of sp³-hybridized carbons (Fsp3) is 0.652. The number of aryl methyl sites for hydroxylation is 1. The van der Waals surface area contributed by atoms with Crippen molar-refractivity contribution in [1.29, 1.82) is 0 Å². The predicted molar refractivity (Wildman–Crippen MR) is 116 cm³/mol. The van der Waals surface area contributed by atoms with Crippen molar-refractivity contribution in [3.8, 4) is 0 Å². The summed E-state index contributed by atoms with van der Waals surface area (Å²) in [7, 11) is 0. The van der Waals surface area contributed by atoms with Gasteiger partial charge in [0.1, 0.15) is 0 Å². The van der Waals surface area contributed by atoms with Gasteiger partial charge in [-0.25, -0.2) is 4.52 Å². The Labute approximate surface area is 178 Å². The standard InChI is InChI=1S/C23H34N4O3/c1-4-24-22(28)18-5-6-20-21(17(3)25-27(20)14-18)19-7-10-26(13-16(19)2)15-23(29)8-11-30-12-9-23/h5-6,14,16,19,29H,4,7-13,15H2,1-3H3,(H,24,28)/t16-,19-/m0/s1. The van der Waals surface area contributed by atoms with Crippen LogP contribution in [0, 0.1) is 12.8 Å². The van der Waals surface area contributed by atoms with Gasteiger partial charge < -0.3 is 20.1 Å². The van der Waals surface area contributed by atoms with Crippen molar-refractivity contribution < 1.29 is 14.6 Å². The van der Waals surface area contributed by atoms with Gasteiger partial charge in [-0.3, -0.25) is 4.79 Å². The highest BCUT2D eigenvalue weighted by atomic mass is 16.5. The van der Waals surface area contributed by atoms with E-state index < -0.39 is 5.60 Å². The van der Waals surface area contributed by atoms with Gasteiger partial charge in [0, 0.05) is 57.4 Å².